The van der Waals surface area contributed by atoms with E-state index in [1.807, 2.05) is 18.2 Å². The van der Waals surface area contributed by atoms with Crippen LogP contribution in [0, 0.1) is 0 Å². The SMILES string of the molecule is C=C\C=C/C1=C(C)/C=C\N(c2ccccc2)c2ccc(-c3ccc4c(c3)c3ccccc3n4-c3cc4c5c(cccc5c3)C(C=C)=C4C)cc2C1=C. The van der Waals surface area contributed by atoms with E-state index in [9.17, 15) is 0 Å². The van der Waals surface area contributed by atoms with Crippen LogP contribution in [0.1, 0.15) is 30.5 Å². The highest BCUT2D eigenvalue weighted by molar-refractivity contribution is 6.17. The zero-order valence-electron chi connectivity index (χ0n) is 29.5. The van der Waals surface area contributed by atoms with Crippen LogP contribution < -0.4 is 4.90 Å². The van der Waals surface area contributed by atoms with Gasteiger partial charge in [-0.05, 0) is 135 Å². The van der Waals surface area contributed by atoms with Crippen LogP contribution in [0.3, 0.4) is 0 Å². The Morgan fingerprint density at radius 1 is 0.615 bits per heavy atom. The molecule has 2 heteroatoms. The number of hydrogen-bond donors (Lipinski definition) is 0. The molecule has 0 amide bonds. The molecule has 2 aliphatic rings. The summed E-state index contributed by atoms with van der Waals surface area (Å²) in [4.78, 5) is 2.26. The molecule has 1 aromatic heterocycles. The van der Waals surface area contributed by atoms with Crippen molar-refractivity contribution in [3.63, 3.8) is 0 Å². The monoisotopic (exact) mass is 666 g/mol. The molecule has 0 spiro atoms. The first-order valence-electron chi connectivity index (χ1n) is 17.8. The van der Waals surface area contributed by atoms with Gasteiger partial charge in [-0.1, -0.05) is 111 Å². The van der Waals surface area contributed by atoms with Crippen molar-refractivity contribution in [3.8, 4) is 16.8 Å². The Labute approximate surface area is 305 Å². The van der Waals surface area contributed by atoms with Gasteiger partial charge in [0.05, 0.1) is 16.7 Å². The lowest BCUT2D eigenvalue weighted by Crippen LogP contribution is -2.12. The average Bonchev–Trinajstić information content (AvgIpc) is 3.66. The Morgan fingerprint density at radius 3 is 2.21 bits per heavy atom. The van der Waals surface area contributed by atoms with Gasteiger partial charge < -0.3 is 9.47 Å². The fraction of sp³-hybridized carbons (Fsp3) is 0.0400. The minimum atomic E-state index is 0.979. The molecule has 0 unspecified atom stereocenters. The summed E-state index contributed by atoms with van der Waals surface area (Å²) >= 11 is 0. The van der Waals surface area contributed by atoms with Crippen LogP contribution >= 0.6 is 0 Å². The topological polar surface area (TPSA) is 8.17 Å². The van der Waals surface area contributed by atoms with Crippen LogP contribution in [0.15, 0.2) is 189 Å². The van der Waals surface area contributed by atoms with Gasteiger partial charge in [0.25, 0.3) is 0 Å². The lowest BCUT2D eigenvalue weighted by molar-refractivity contribution is 1.18. The highest BCUT2D eigenvalue weighted by Crippen LogP contribution is 2.45. The van der Waals surface area contributed by atoms with E-state index in [0.29, 0.717) is 0 Å². The number of para-hydroxylation sites is 2. The van der Waals surface area contributed by atoms with Gasteiger partial charge in [0.1, 0.15) is 0 Å². The second-order valence-electron chi connectivity index (χ2n) is 13.6. The van der Waals surface area contributed by atoms with Gasteiger partial charge in [0, 0.05) is 33.9 Å². The summed E-state index contributed by atoms with van der Waals surface area (Å²) < 4.78 is 2.43. The molecular formula is C50H38N2. The van der Waals surface area contributed by atoms with E-state index in [-0.39, 0.29) is 0 Å². The Morgan fingerprint density at radius 2 is 1.38 bits per heavy atom. The Hall–Kier alpha value is -6.64. The summed E-state index contributed by atoms with van der Waals surface area (Å²) in [5.41, 5.74) is 17.4. The zero-order chi connectivity index (χ0) is 35.5. The van der Waals surface area contributed by atoms with Crippen LogP contribution in [0.5, 0.6) is 0 Å². The third-order valence-electron chi connectivity index (χ3n) is 10.8. The largest absolute Gasteiger partial charge is 0.317 e. The van der Waals surface area contributed by atoms with Crippen LogP contribution in [0.4, 0.5) is 11.4 Å². The maximum atomic E-state index is 4.67. The first-order chi connectivity index (χ1) is 25.5. The van der Waals surface area contributed by atoms with E-state index in [2.05, 4.69) is 183 Å². The third kappa shape index (κ3) is 4.80. The van der Waals surface area contributed by atoms with E-state index in [1.165, 1.54) is 54.9 Å². The van der Waals surface area contributed by atoms with E-state index < -0.39 is 0 Å². The molecule has 7 aromatic rings. The van der Waals surface area contributed by atoms with Crippen molar-refractivity contribution in [3.05, 3.63) is 205 Å². The highest BCUT2D eigenvalue weighted by Gasteiger charge is 2.23. The Bertz CT molecular complexity index is 2800. The molecule has 0 bridgehead atoms. The summed E-state index contributed by atoms with van der Waals surface area (Å²) in [6.07, 6.45) is 12.2. The van der Waals surface area contributed by atoms with Crippen molar-refractivity contribution in [1.29, 1.82) is 0 Å². The summed E-state index contributed by atoms with van der Waals surface area (Å²) in [6, 6.07) is 44.2. The Kier molecular flexibility index (Phi) is 7.41. The molecule has 0 fully saturated rings. The number of anilines is 2. The number of aromatic nitrogens is 1. The van der Waals surface area contributed by atoms with E-state index in [0.717, 1.165) is 50.5 Å². The minimum absolute atomic E-state index is 0.979. The van der Waals surface area contributed by atoms with Crippen LogP contribution in [-0.2, 0) is 0 Å². The molecule has 0 atom stereocenters. The molecule has 0 saturated carbocycles. The second kappa shape index (κ2) is 12.3. The van der Waals surface area contributed by atoms with Gasteiger partial charge in [0.2, 0.25) is 0 Å². The van der Waals surface area contributed by atoms with Gasteiger partial charge in [-0.3, -0.25) is 0 Å². The molecule has 0 saturated heterocycles. The molecule has 1 aliphatic carbocycles. The van der Waals surface area contributed by atoms with Crippen molar-refractivity contribution in [2.45, 2.75) is 13.8 Å². The number of fused-ring (bicyclic) bond motifs is 4. The van der Waals surface area contributed by atoms with Gasteiger partial charge in [0.15, 0.2) is 0 Å². The van der Waals surface area contributed by atoms with Crippen molar-refractivity contribution in [2.24, 2.45) is 0 Å². The minimum Gasteiger partial charge on any atom is -0.317 e. The summed E-state index contributed by atoms with van der Waals surface area (Å²) in [5.74, 6) is 0. The third-order valence-corrected chi connectivity index (χ3v) is 10.8. The van der Waals surface area contributed by atoms with E-state index in [4.69, 9.17) is 0 Å². The fourth-order valence-electron chi connectivity index (χ4n) is 8.22. The normalized spacial score (nSPS) is 16.2. The molecule has 9 rings (SSSR count). The molecular weight excluding hydrogens is 629 g/mol. The molecule has 0 N–H and O–H groups in total. The first kappa shape index (κ1) is 31.3. The van der Waals surface area contributed by atoms with E-state index >= 15 is 0 Å². The summed E-state index contributed by atoms with van der Waals surface area (Å²) in [7, 11) is 0. The number of nitrogens with zero attached hydrogens (tertiary/aromatic N) is 2. The van der Waals surface area contributed by atoms with Gasteiger partial charge in [-0.2, -0.15) is 0 Å². The van der Waals surface area contributed by atoms with Crippen LogP contribution in [0.2, 0.25) is 0 Å². The highest BCUT2D eigenvalue weighted by atomic mass is 15.1. The lowest BCUT2D eigenvalue weighted by atomic mass is 9.89. The lowest BCUT2D eigenvalue weighted by Gasteiger charge is -2.28. The maximum Gasteiger partial charge on any atom is 0.0541 e. The standard InChI is InChI=1S/C50H38N2/c1-6-8-18-41-32(3)26-27-51(38-16-10-9-11-17-38)47-24-22-35(29-44(47)34(41)5)36-23-25-49-46(30-36)42-19-12-13-21-48(42)52(49)39-28-37-15-14-20-43-40(7-2)33(4)45(31-39)50(37)43/h6-31H,1-2,5H2,3-4H3/b18-8-,27-26-,41-32-. The average molecular weight is 667 g/mol. The van der Waals surface area contributed by atoms with E-state index in [1.54, 1.807) is 0 Å². The first-order valence-corrected chi connectivity index (χ1v) is 17.8. The predicted octanol–water partition coefficient (Wildman–Crippen LogP) is 13.8. The molecule has 0 radical (unpaired) electrons. The quantitative estimate of drug-likeness (QED) is 0.160. The molecule has 2 heterocycles. The van der Waals surface area contributed by atoms with Gasteiger partial charge in [-0.25, -0.2) is 0 Å². The maximum absolute atomic E-state index is 4.67. The Balaban J connectivity index is 1.23. The number of rotatable bonds is 6. The fourth-order valence-corrected chi connectivity index (χ4v) is 8.22. The van der Waals surface area contributed by atoms with Gasteiger partial charge >= 0.3 is 0 Å². The number of benzene rings is 6. The van der Waals surface area contributed by atoms with Crippen molar-refractivity contribution in [1.82, 2.24) is 4.57 Å². The summed E-state index contributed by atoms with van der Waals surface area (Å²) in [5, 5.41) is 5.02. The van der Waals surface area contributed by atoms with Crippen molar-refractivity contribution < 1.29 is 0 Å². The number of allylic oxidation sites excluding steroid dienone is 10. The predicted molar refractivity (Wildman–Crippen MR) is 225 cm³/mol. The number of hydrogen-bond acceptors (Lipinski definition) is 1. The van der Waals surface area contributed by atoms with Crippen LogP contribution in [-0.4, -0.2) is 4.57 Å². The van der Waals surface area contributed by atoms with Crippen molar-refractivity contribution in [2.75, 3.05) is 4.90 Å². The molecule has 1 aliphatic heterocycles. The second-order valence-corrected chi connectivity index (χ2v) is 13.6. The molecule has 248 valence electrons. The van der Waals surface area contributed by atoms with Crippen LogP contribution in [0.25, 0.3) is 66.1 Å². The van der Waals surface area contributed by atoms with Crippen molar-refractivity contribution >= 4 is 60.7 Å². The zero-order valence-corrected chi connectivity index (χ0v) is 29.5. The molecule has 52 heavy (non-hydrogen) atoms. The molecule has 2 nitrogen and oxygen atoms in total. The molecule has 6 aromatic carbocycles. The summed E-state index contributed by atoms with van der Waals surface area (Å²) in [6.45, 7) is 17.1. The smallest absolute Gasteiger partial charge is 0.0541 e. The van der Waals surface area contributed by atoms with Gasteiger partial charge in [-0.15, -0.1) is 0 Å².